The van der Waals surface area contributed by atoms with Crippen LogP contribution in [0.4, 0.5) is 5.69 Å². The van der Waals surface area contributed by atoms with E-state index in [0.717, 1.165) is 5.56 Å². The first-order valence-electron chi connectivity index (χ1n) is 9.65. The molecule has 0 spiro atoms. The van der Waals surface area contributed by atoms with E-state index in [9.17, 15) is 13.2 Å². The maximum Gasteiger partial charge on any atom is 0.264 e. The van der Waals surface area contributed by atoms with Crippen molar-refractivity contribution in [3.63, 3.8) is 0 Å². The lowest BCUT2D eigenvalue weighted by Crippen LogP contribution is -2.51. The topological polar surface area (TPSA) is 75.7 Å². The summed E-state index contributed by atoms with van der Waals surface area (Å²) in [5, 5.41) is 2.92. The monoisotopic (exact) mass is 422 g/mol. The summed E-state index contributed by atoms with van der Waals surface area (Å²) >= 11 is 0. The van der Waals surface area contributed by atoms with E-state index in [1.54, 1.807) is 54.6 Å². The molecule has 4 rings (SSSR count). The molecule has 0 saturated carbocycles. The number of fused-ring (bicyclic) bond motifs is 1. The lowest BCUT2D eigenvalue weighted by Gasteiger charge is -2.35. The molecule has 1 aliphatic heterocycles. The zero-order valence-corrected chi connectivity index (χ0v) is 17.2. The smallest absolute Gasteiger partial charge is 0.264 e. The fourth-order valence-electron chi connectivity index (χ4n) is 3.42. The van der Waals surface area contributed by atoms with Crippen LogP contribution >= 0.6 is 0 Å². The molecule has 154 valence electrons. The zero-order chi connectivity index (χ0) is 21.1. The lowest BCUT2D eigenvalue weighted by atomic mass is 10.1. The predicted molar refractivity (Wildman–Crippen MR) is 115 cm³/mol. The molecule has 1 amide bonds. The number of benzene rings is 3. The third-order valence-corrected chi connectivity index (χ3v) is 6.81. The first kappa shape index (κ1) is 20.0. The SMILES string of the molecule is C[C@H](NC(=O)[C@H]1CN(S(=O)(=O)c2ccccc2)c2ccccc2O1)c1ccccc1. The number of ether oxygens (including phenoxy) is 1. The van der Waals surface area contributed by atoms with Gasteiger partial charge in [0, 0.05) is 0 Å². The van der Waals surface area contributed by atoms with Crippen LogP contribution < -0.4 is 14.4 Å². The molecular weight excluding hydrogens is 400 g/mol. The summed E-state index contributed by atoms with van der Waals surface area (Å²) in [6.07, 6.45) is -0.968. The number of para-hydroxylation sites is 2. The van der Waals surface area contributed by atoms with Crippen molar-refractivity contribution in [2.24, 2.45) is 0 Å². The van der Waals surface area contributed by atoms with Gasteiger partial charge in [0.15, 0.2) is 6.10 Å². The van der Waals surface area contributed by atoms with E-state index in [4.69, 9.17) is 4.74 Å². The highest BCUT2D eigenvalue weighted by Crippen LogP contribution is 2.36. The van der Waals surface area contributed by atoms with Gasteiger partial charge in [0.05, 0.1) is 23.2 Å². The number of anilines is 1. The second kappa shape index (κ2) is 8.20. The standard InChI is InChI=1S/C23H22N2O4S/c1-17(18-10-4-2-5-11-18)24-23(26)22-16-25(20-14-8-9-15-21(20)29-22)30(27,28)19-12-6-3-7-13-19/h2-15,17,22H,16H2,1H3,(H,24,26)/t17-,22+/m0/s1. The molecule has 0 bridgehead atoms. The minimum Gasteiger partial charge on any atom is -0.476 e. The Bertz CT molecular complexity index is 1130. The Kier molecular flexibility index (Phi) is 5.46. The predicted octanol–water partition coefficient (Wildman–Crippen LogP) is 3.52. The average molecular weight is 423 g/mol. The number of hydrogen-bond acceptors (Lipinski definition) is 4. The molecule has 0 unspecified atom stereocenters. The maximum absolute atomic E-state index is 13.3. The normalized spacial score (nSPS) is 16.8. The van der Waals surface area contributed by atoms with Gasteiger partial charge in [-0.25, -0.2) is 8.42 Å². The molecule has 1 aliphatic rings. The number of carbonyl (C=O) groups excluding carboxylic acids is 1. The molecule has 0 radical (unpaired) electrons. The van der Waals surface area contributed by atoms with Crippen molar-refractivity contribution in [2.75, 3.05) is 10.8 Å². The molecule has 7 heteroatoms. The van der Waals surface area contributed by atoms with Crippen LogP contribution in [-0.4, -0.2) is 27.0 Å². The number of nitrogens with one attached hydrogen (secondary N) is 1. The summed E-state index contributed by atoms with van der Waals surface area (Å²) < 4.78 is 33.7. The van der Waals surface area contributed by atoms with Gasteiger partial charge >= 0.3 is 0 Å². The summed E-state index contributed by atoms with van der Waals surface area (Å²) in [6, 6.07) is 24.3. The first-order chi connectivity index (χ1) is 14.5. The van der Waals surface area contributed by atoms with Crippen molar-refractivity contribution in [3.8, 4) is 5.75 Å². The van der Waals surface area contributed by atoms with Crippen LogP contribution in [0.3, 0.4) is 0 Å². The van der Waals surface area contributed by atoms with E-state index in [1.807, 2.05) is 37.3 Å². The van der Waals surface area contributed by atoms with Crippen molar-refractivity contribution in [3.05, 3.63) is 90.5 Å². The van der Waals surface area contributed by atoms with Crippen LogP contribution in [0, 0.1) is 0 Å². The fourth-order valence-corrected chi connectivity index (χ4v) is 4.91. The average Bonchev–Trinajstić information content (AvgIpc) is 2.79. The second-order valence-electron chi connectivity index (χ2n) is 7.06. The van der Waals surface area contributed by atoms with Crippen molar-refractivity contribution in [1.82, 2.24) is 5.32 Å². The van der Waals surface area contributed by atoms with Gasteiger partial charge in [-0.3, -0.25) is 9.10 Å². The van der Waals surface area contributed by atoms with Crippen LogP contribution in [0.1, 0.15) is 18.5 Å². The minimum absolute atomic E-state index is 0.110. The highest BCUT2D eigenvalue weighted by Gasteiger charge is 2.37. The largest absolute Gasteiger partial charge is 0.476 e. The number of sulfonamides is 1. The molecule has 30 heavy (non-hydrogen) atoms. The Balaban J connectivity index is 1.62. The minimum atomic E-state index is -3.85. The molecule has 3 aromatic rings. The molecule has 1 N–H and O–H groups in total. The van der Waals surface area contributed by atoms with Crippen LogP contribution in [0.15, 0.2) is 89.8 Å². The van der Waals surface area contributed by atoms with Crippen molar-refractivity contribution in [1.29, 1.82) is 0 Å². The second-order valence-corrected chi connectivity index (χ2v) is 8.93. The quantitative estimate of drug-likeness (QED) is 0.683. The molecule has 0 saturated heterocycles. The number of rotatable bonds is 5. The van der Waals surface area contributed by atoms with Crippen LogP contribution in [0.5, 0.6) is 5.75 Å². The van der Waals surface area contributed by atoms with Gasteiger partial charge < -0.3 is 10.1 Å². The molecule has 0 aliphatic carbocycles. The molecule has 6 nitrogen and oxygen atoms in total. The van der Waals surface area contributed by atoms with Gasteiger partial charge in [0.2, 0.25) is 0 Å². The summed E-state index contributed by atoms with van der Waals surface area (Å²) in [7, 11) is -3.85. The van der Waals surface area contributed by atoms with E-state index < -0.39 is 16.1 Å². The third kappa shape index (κ3) is 3.89. The van der Waals surface area contributed by atoms with E-state index in [0.29, 0.717) is 11.4 Å². The Morgan fingerprint density at radius 2 is 1.57 bits per heavy atom. The van der Waals surface area contributed by atoms with E-state index in [-0.39, 0.29) is 23.4 Å². The van der Waals surface area contributed by atoms with Gasteiger partial charge in [-0.05, 0) is 36.8 Å². The van der Waals surface area contributed by atoms with Crippen molar-refractivity contribution < 1.29 is 17.9 Å². The number of carbonyl (C=O) groups is 1. The maximum atomic E-state index is 13.3. The Morgan fingerprint density at radius 3 is 2.27 bits per heavy atom. The summed E-state index contributed by atoms with van der Waals surface area (Å²) in [5.41, 5.74) is 1.37. The van der Waals surface area contributed by atoms with Gasteiger partial charge in [-0.1, -0.05) is 60.7 Å². The Morgan fingerprint density at radius 1 is 0.967 bits per heavy atom. The molecule has 3 aromatic carbocycles. The molecular formula is C23H22N2O4S. The molecule has 1 heterocycles. The molecule has 0 fully saturated rings. The number of hydrogen-bond donors (Lipinski definition) is 1. The third-order valence-electron chi connectivity index (χ3n) is 5.02. The number of nitrogens with zero attached hydrogens (tertiary/aromatic N) is 1. The van der Waals surface area contributed by atoms with Gasteiger partial charge in [-0.2, -0.15) is 0 Å². The van der Waals surface area contributed by atoms with Gasteiger partial charge in [-0.15, -0.1) is 0 Å². The van der Waals surface area contributed by atoms with Crippen LogP contribution in [0.25, 0.3) is 0 Å². The summed E-state index contributed by atoms with van der Waals surface area (Å²) in [5.74, 6) is -0.00936. The zero-order valence-electron chi connectivity index (χ0n) is 16.4. The highest BCUT2D eigenvalue weighted by molar-refractivity contribution is 7.92. The Hall–Kier alpha value is -3.32. The number of amides is 1. The lowest BCUT2D eigenvalue weighted by molar-refractivity contribution is -0.128. The summed E-state index contributed by atoms with van der Waals surface area (Å²) in [4.78, 5) is 13.1. The molecule has 2 atom stereocenters. The van der Waals surface area contributed by atoms with Crippen LogP contribution in [0.2, 0.25) is 0 Å². The summed E-state index contributed by atoms with van der Waals surface area (Å²) in [6.45, 7) is 1.77. The van der Waals surface area contributed by atoms with Gasteiger partial charge in [0.25, 0.3) is 15.9 Å². The van der Waals surface area contributed by atoms with Gasteiger partial charge in [0.1, 0.15) is 5.75 Å². The van der Waals surface area contributed by atoms with E-state index in [2.05, 4.69) is 5.32 Å². The highest BCUT2D eigenvalue weighted by atomic mass is 32.2. The fraction of sp³-hybridized carbons (Fsp3) is 0.174. The van der Waals surface area contributed by atoms with Crippen molar-refractivity contribution >= 4 is 21.6 Å². The van der Waals surface area contributed by atoms with E-state index >= 15 is 0 Å². The van der Waals surface area contributed by atoms with E-state index in [1.165, 1.54) is 4.31 Å². The Labute approximate surface area is 176 Å². The van der Waals surface area contributed by atoms with Crippen molar-refractivity contribution in [2.45, 2.75) is 24.0 Å². The first-order valence-corrected chi connectivity index (χ1v) is 11.1. The molecule has 0 aromatic heterocycles. The van der Waals surface area contributed by atoms with Crippen LogP contribution in [-0.2, 0) is 14.8 Å².